The minimum atomic E-state index is -3.76. The molecular formula is C19H28N2O6S. The Morgan fingerprint density at radius 2 is 1.68 bits per heavy atom. The highest BCUT2D eigenvalue weighted by Gasteiger charge is 2.34. The number of aliphatic carboxylic acids is 1. The van der Waals surface area contributed by atoms with Gasteiger partial charge in [-0.15, -0.1) is 0 Å². The van der Waals surface area contributed by atoms with Crippen LogP contribution in [-0.2, 0) is 26.0 Å². The van der Waals surface area contributed by atoms with Gasteiger partial charge in [0.1, 0.15) is 5.60 Å². The molecule has 1 heterocycles. The van der Waals surface area contributed by atoms with Crippen LogP contribution in [0.15, 0.2) is 30.3 Å². The van der Waals surface area contributed by atoms with Gasteiger partial charge in [-0.2, -0.15) is 4.31 Å². The van der Waals surface area contributed by atoms with E-state index in [9.17, 15) is 23.1 Å². The van der Waals surface area contributed by atoms with Gasteiger partial charge in [0.2, 0.25) is 10.0 Å². The van der Waals surface area contributed by atoms with Gasteiger partial charge in [0, 0.05) is 26.2 Å². The number of hydrogen-bond acceptors (Lipinski definition) is 5. The largest absolute Gasteiger partial charge is 0.481 e. The number of carbonyl (C=O) groups excluding carboxylic acids is 1. The molecule has 1 atom stereocenters. The summed E-state index contributed by atoms with van der Waals surface area (Å²) < 4.78 is 32.0. The van der Waals surface area contributed by atoms with Gasteiger partial charge >= 0.3 is 12.1 Å². The molecule has 2 rings (SSSR count). The first kappa shape index (κ1) is 22.2. The maximum absolute atomic E-state index is 12.7. The van der Waals surface area contributed by atoms with Crippen molar-refractivity contribution in [2.45, 2.75) is 32.8 Å². The van der Waals surface area contributed by atoms with Crippen molar-refractivity contribution >= 4 is 22.1 Å². The van der Waals surface area contributed by atoms with Crippen LogP contribution in [0.2, 0.25) is 0 Å². The standard InChI is InChI=1S/C19H28N2O6S/c1-19(2,3)27-18(24)20-9-11-21(12-10-20)28(25,26)14-16(17(22)23)13-15-7-5-4-6-8-15/h4-8,16H,9-14H2,1-3H3,(H,22,23). The third-order valence-electron chi connectivity index (χ3n) is 4.37. The van der Waals surface area contributed by atoms with E-state index in [1.807, 2.05) is 6.07 Å². The summed E-state index contributed by atoms with van der Waals surface area (Å²) >= 11 is 0. The van der Waals surface area contributed by atoms with E-state index in [1.54, 1.807) is 45.0 Å². The molecule has 0 aliphatic carbocycles. The SMILES string of the molecule is CC(C)(C)OC(=O)N1CCN(S(=O)(=O)CC(Cc2ccccc2)C(=O)O)CC1. The number of nitrogens with zero attached hydrogens (tertiary/aromatic N) is 2. The number of piperazine rings is 1. The lowest BCUT2D eigenvalue weighted by molar-refractivity contribution is -0.140. The summed E-state index contributed by atoms with van der Waals surface area (Å²) in [4.78, 5) is 25.2. The smallest absolute Gasteiger partial charge is 0.410 e. The van der Waals surface area contributed by atoms with Crippen molar-refractivity contribution in [2.75, 3.05) is 31.9 Å². The Hall–Kier alpha value is -2.13. The van der Waals surface area contributed by atoms with Gasteiger partial charge < -0.3 is 14.7 Å². The van der Waals surface area contributed by atoms with Gasteiger partial charge in [0.15, 0.2) is 0 Å². The lowest BCUT2D eigenvalue weighted by Gasteiger charge is -2.35. The molecule has 0 spiro atoms. The van der Waals surface area contributed by atoms with Gasteiger partial charge in [-0.05, 0) is 32.8 Å². The fourth-order valence-electron chi connectivity index (χ4n) is 2.95. The molecule has 0 saturated carbocycles. The molecule has 1 amide bonds. The first-order valence-corrected chi connectivity index (χ1v) is 10.8. The zero-order valence-electron chi connectivity index (χ0n) is 16.5. The van der Waals surface area contributed by atoms with E-state index in [4.69, 9.17) is 4.74 Å². The van der Waals surface area contributed by atoms with E-state index in [-0.39, 0.29) is 32.6 Å². The molecule has 156 valence electrons. The highest BCUT2D eigenvalue weighted by molar-refractivity contribution is 7.89. The zero-order valence-corrected chi connectivity index (χ0v) is 17.3. The van der Waals surface area contributed by atoms with Crippen LogP contribution in [0.4, 0.5) is 4.79 Å². The fourth-order valence-corrected chi connectivity index (χ4v) is 4.65. The Morgan fingerprint density at radius 3 is 2.18 bits per heavy atom. The normalized spacial score (nSPS) is 17.2. The third-order valence-corrected chi connectivity index (χ3v) is 6.35. The number of carboxylic acids is 1. The van der Waals surface area contributed by atoms with Crippen molar-refractivity contribution in [3.8, 4) is 0 Å². The highest BCUT2D eigenvalue weighted by atomic mass is 32.2. The molecule has 1 aliphatic heterocycles. The van der Waals surface area contributed by atoms with E-state index < -0.39 is 39.4 Å². The Kier molecular flexibility index (Phi) is 7.06. The van der Waals surface area contributed by atoms with Crippen molar-refractivity contribution in [1.82, 2.24) is 9.21 Å². The number of benzene rings is 1. The molecule has 9 heteroatoms. The van der Waals surface area contributed by atoms with Crippen LogP contribution < -0.4 is 0 Å². The van der Waals surface area contributed by atoms with E-state index in [0.717, 1.165) is 5.56 Å². The molecule has 1 saturated heterocycles. The summed E-state index contributed by atoms with van der Waals surface area (Å²) in [5.41, 5.74) is 0.159. The van der Waals surface area contributed by atoms with Gasteiger partial charge in [-0.25, -0.2) is 13.2 Å². The van der Waals surface area contributed by atoms with Gasteiger partial charge in [-0.3, -0.25) is 4.79 Å². The number of ether oxygens (including phenoxy) is 1. The van der Waals surface area contributed by atoms with Crippen LogP contribution in [0.5, 0.6) is 0 Å². The summed E-state index contributed by atoms with van der Waals surface area (Å²) in [6, 6.07) is 8.96. The maximum Gasteiger partial charge on any atom is 0.410 e. The summed E-state index contributed by atoms with van der Waals surface area (Å²) in [5.74, 6) is -2.64. The van der Waals surface area contributed by atoms with Crippen LogP contribution in [-0.4, -0.2) is 72.3 Å². The molecular weight excluding hydrogens is 384 g/mol. The first-order valence-electron chi connectivity index (χ1n) is 9.20. The molecule has 1 aromatic rings. The second-order valence-electron chi connectivity index (χ2n) is 7.87. The third kappa shape index (κ3) is 6.49. The van der Waals surface area contributed by atoms with Crippen molar-refractivity contribution in [2.24, 2.45) is 5.92 Å². The fraction of sp³-hybridized carbons (Fsp3) is 0.579. The van der Waals surface area contributed by atoms with Crippen LogP contribution in [0, 0.1) is 5.92 Å². The predicted molar refractivity (Wildman–Crippen MR) is 104 cm³/mol. The topological polar surface area (TPSA) is 104 Å². The summed E-state index contributed by atoms with van der Waals surface area (Å²) in [6.45, 7) is 5.98. The molecule has 28 heavy (non-hydrogen) atoms. The number of carboxylic acid groups (broad SMARTS) is 1. The number of sulfonamides is 1. The molecule has 1 aromatic carbocycles. The molecule has 0 radical (unpaired) electrons. The maximum atomic E-state index is 12.7. The molecule has 1 unspecified atom stereocenters. The molecule has 8 nitrogen and oxygen atoms in total. The minimum Gasteiger partial charge on any atom is -0.481 e. The Morgan fingerprint density at radius 1 is 1.11 bits per heavy atom. The molecule has 1 N–H and O–H groups in total. The van der Waals surface area contributed by atoms with E-state index >= 15 is 0 Å². The van der Waals surface area contributed by atoms with Crippen LogP contribution in [0.3, 0.4) is 0 Å². The van der Waals surface area contributed by atoms with Crippen molar-refractivity contribution in [3.05, 3.63) is 35.9 Å². The second-order valence-corrected chi connectivity index (χ2v) is 9.88. The Balaban J connectivity index is 1.97. The van der Waals surface area contributed by atoms with Crippen molar-refractivity contribution in [3.63, 3.8) is 0 Å². The van der Waals surface area contributed by atoms with E-state index in [1.165, 1.54) is 9.21 Å². The minimum absolute atomic E-state index is 0.124. The second kappa shape index (κ2) is 8.91. The zero-order chi connectivity index (χ0) is 20.9. The lowest BCUT2D eigenvalue weighted by Crippen LogP contribution is -2.52. The average molecular weight is 413 g/mol. The van der Waals surface area contributed by atoms with E-state index in [0.29, 0.717) is 0 Å². The lowest BCUT2D eigenvalue weighted by atomic mass is 10.0. The quantitative estimate of drug-likeness (QED) is 0.764. The molecule has 0 aromatic heterocycles. The van der Waals surface area contributed by atoms with Crippen LogP contribution >= 0.6 is 0 Å². The van der Waals surface area contributed by atoms with Crippen LogP contribution in [0.1, 0.15) is 26.3 Å². The van der Waals surface area contributed by atoms with Crippen molar-refractivity contribution < 1.29 is 27.9 Å². The van der Waals surface area contributed by atoms with Crippen LogP contribution in [0.25, 0.3) is 0 Å². The molecule has 1 aliphatic rings. The van der Waals surface area contributed by atoms with Gasteiger partial charge in [-0.1, -0.05) is 30.3 Å². The Bertz CT molecular complexity index is 780. The van der Waals surface area contributed by atoms with Gasteiger partial charge in [0.25, 0.3) is 0 Å². The number of rotatable bonds is 6. The summed E-state index contributed by atoms with van der Waals surface area (Å²) in [6.07, 6.45) is -0.329. The predicted octanol–water partition coefficient (Wildman–Crippen LogP) is 1.81. The van der Waals surface area contributed by atoms with Gasteiger partial charge in [0.05, 0.1) is 11.7 Å². The number of amides is 1. The summed E-state index contributed by atoms with van der Waals surface area (Å²) in [7, 11) is -3.76. The number of hydrogen-bond donors (Lipinski definition) is 1. The highest BCUT2D eigenvalue weighted by Crippen LogP contribution is 2.17. The Labute approximate surface area is 166 Å². The molecule has 1 fully saturated rings. The molecule has 0 bridgehead atoms. The average Bonchev–Trinajstić information content (AvgIpc) is 2.60. The van der Waals surface area contributed by atoms with Crippen molar-refractivity contribution in [1.29, 1.82) is 0 Å². The monoisotopic (exact) mass is 412 g/mol. The first-order chi connectivity index (χ1) is 13.0. The number of carbonyl (C=O) groups is 2. The van der Waals surface area contributed by atoms with E-state index in [2.05, 4.69) is 0 Å². The summed E-state index contributed by atoms with van der Waals surface area (Å²) in [5, 5.41) is 9.47.